The molecule has 0 aliphatic rings. The topological polar surface area (TPSA) is 118 Å². The molecule has 0 saturated carbocycles. The van der Waals surface area contributed by atoms with E-state index in [1.165, 1.54) is 0 Å². The van der Waals surface area contributed by atoms with Crippen LogP contribution in [0.3, 0.4) is 0 Å². The predicted molar refractivity (Wildman–Crippen MR) is 95.2 cm³/mol. The van der Waals surface area contributed by atoms with Gasteiger partial charge in [0.05, 0.1) is 10.6 Å². The van der Waals surface area contributed by atoms with Crippen LogP contribution in [0.2, 0.25) is 0 Å². The number of nitrogens with zero attached hydrogens (tertiary/aromatic N) is 4. The number of amides is 1. The van der Waals surface area contributed by atoms with E-state index in [2.05, 4.69) is 20.5 Å². The lowest BCUT2D eigenvalue weighted by molar-refractivity contribution is -0.385. The fourth-order valence-corrected chi connectivity index (χ4v) is 2.86. The van der Waals surface area contributed by atoms with E-state index < -0.39 is 10.8 Å². The van der Waals surface area contributed by atoms with E-state index in [1.807, 2.05) is 42.8 Å². The number of carbonyl (C=O) groups excluding carboxylic acids is 1. The van der Waals surface area contributed by atoms with Crippen LogP contribution in [0, 0.1) is 17.0 Å². The van der Waals surface area contributed by atoms with Crippen LogP contribution in [0.1, 0.15) is 40.8 Å². The standard InChI is InChI=1S/C17H20N6O3/c1-3-5-13-15(23(25)26)14(21-20-13)17(24)18-8-7-12-10-22-9-4-6-11(2)16(22)19-12/h4,6,9-10H,3,5,7-8H2,1-2H3,(H,18,24)(H,20,21). The number of imidazole rings is 1. The quantitative estimate of drug-likeness (QED) is 0.497. The Bertz CT molecular complexity index is 959. The van der Waals surface area contributed by atoms with Crippen molar-refractivity contribution < 1.29 is 9.72 Å². The molecule has 3 heterocycles. The molecule has 0 saturated heterocycles. The minimum absolute atomic E-state index is 0.177. The van der Waals surface area contributed by atoms with Crippen LogP contribution in [0.15, 0.2) is 24.5 Å². The molecule has 9 nitrogen and oxygen atoms in total. The number of H-pyrrole nitrogens is 1. The Kier molecular flexibility index (Phi) is 4.97. The van der Waals surface area contributed by atoms with Gasteiger partial charge in [0.1, 0.15) is 11.3 Å². The van der Waals surface area contributed by atoms with Gasteiger partial charge in [-0.3, -0.25) is 20.0 Å². The Balaban J connectivity index is 1.67. The van der Waals surface area contributed by atoms with Gasteiger partial charge in [0, 0.05) is 25.4 Å². The smallest absolute Gasteiger partial charge is 0.322 e. The van der Waals surface area contributed by atoms with E-state index in [4.69, 9.17) is 0 Å². The van der Waals surface area contributed by atoms with Gasteiger partial charge in [-0.2, -0.15) is 5.10 Å². The highest BCUT2D eigenvalue weighted by atomic mass is 16.6. The average molecular weight is 356 g/mol. The molecule has 2 N–H and O–H groups in total. The molecule has 0 spiro atoms. The number of nitrogens with one attached hydrogen (secondary N) is 2. The third kappa shape index (κ3) is 3.41. The molecule has 3 rings (SSSR count). The molecular weight excluding hydrogens is 336 g/mol. The summed E-state index contributed by atoms with van der Waals surface area (Å²) in [5.41, 5.74) is 2.73. The highest BCUT2D eigenvalue weighted by Gasteiger charge is 2.28. The minimum atomic E-state index is -0.561. The summed E-state index contributed by atoms with van der Waals surface area (Å²) in [5, 5.41) is 20.4. The molecule has 0 bridgehead atoms. The maximum atomic E-state index is 12.3. The second kappa shape index (κ2) is 7.34. The fourth-order valence-electron chi connectivity index (χ4n) is 2.86. The normalized spacial score (nSPS) is 11.0. The van der Waals surface area contributed by atoms with Crippen molar-refractivity contribution in [1.82, 2.24) is 24.9 Å². The van der Waals surface area contributed by atoms with Gasteiger partial charge in [-0.25, -0.2) is 4.98 Å². The van der Waals surface area contributed by atoms with E-state index in [-0.39, 0.29) is 11.4 Å². The van der Waals surface area contributed by atoms with E-state index in [9.17, 15) is 14.9 Å². The molecular formula is C17H20N6O3. The van der Waals surface area contributed by atoms with Crippen LogP contribution in [0.5, 0.6) is 0 Å². The van der Waals surface area contributed by atoms with Gasteiger partial charge in [0.2, 0.25) is 5.69 Å². The Labute approximate surface area is 149 Å². The molecule has 0 radical (unpaired) electrons. The molecule has 9 heteroatoms. The lowest BCUT2D eigenvalue weighted by Crippen LogP contribution is -2.26. The third-order valence-corrected chi connectivity index (χ3v) is 4.10. The molecule has 0 atom stereocenters. The van der Waals surface area contributed by atoms with Crippen molar-refractivity contribution in [2.45, 2.75) is 33.1 Å². The summed E-state index contributed by atoms with van der Waals surface area (Å²) in [5.74, 6) is -0.560. The van der Waals surface area contributed by atoms with Gasteiger partial charge >= 0.3 is 5.69 Å². The van der Waals surface area contributed by atoms with Crippen LogP contribution in [0.25, 0.3) is 5.65 Å². The summed E-state index contributed by atoms with van der Waals surface area (Å²) in [7, 11) is 0. The number of hydrogen-bond acceptors (Lipinski definition) is 5. The molecule has 1 amide bonds. The zero-order valence-electron chi connectivity index (χ0n) is 14.7. The van der Waals surface area contributed by atoms with Crippen molar-refractivity contribution in [3.8, 4) is 0 Å². The average Bonchev–Trinajstić information content (AvgIpc) is 3.20. The van der Waals surface area contributed by atoms with E-state index in [1.54, 1.807) is 0 Å². The highest BCUT2D eigenvalue weighted by molar-refractivity contribution is 5.96. The number of aromatic amines is 1. The molecule has 136 valence electrons. The van der Waals surface area contributed by atoms with E-state index in [0.717, 1.165) is 23.3 Å². The first-order valence-electron chi connectivity index (χ1n) is 8.44. The van der Waals surface area contributed by atoms with Crippen LogP contribution in [-0.2, 0) is 12.8 Å². The first-order valence-corrected chi connectivity index (χ1v) is 8.44. The van der Waals surface area contributed by atoms with Crippen molar-refractivity contribution in [2.24, 2.45) is 0 Å². The molecule has 0 unspecified atom stereocenters. The summed E-state index contributed by atoms with van der Waals surface area (Å²) in [4.78, 5) is 27.5. The van der Waals surface area contributed by atoms with Gasteiger partial charge < -0.3 is 9.72 Å². The lowest BCUT2D eigenvalue weighted by Gasteiger charge is -2.01. The zero-order valence-corrected chi connectivity index (χ0v) is 14.7. The maximum Gasteiger partial charge on any atom is 0.322 e. The summed E-state index contributed by atoms with van der Waals surface area (Å²) < 4.78 is 1.93. The first-order chi connectivity index (χ1) is 12.5. The van der Waals surface area contributed by atoms with E-state index >= 15 is 0 Å². The first kappa shape index (κ1) is 17.6. The maximum absolute atomic E-state index is 12.3. The van der Waals surface area contributed by atoms with Gasteiger partial charge in [-0.05, 0) is 25.0 Å². The van der Waals surface area contributed by atoms with Gasteiger partial charge in [0.25, 0.3) is 5.91 Å². The third-order valence-electron chi connectivity index (χ3n) is 4.10. The monoisotopic (exact) mass is 356 g/mol. The molecule has 0 aliphatic heterocycles. The summed E-state index contributed by atoms with van der Waals surface area (Å²) in [6, 6.07) is 3.93. The van der Waals surface area contributed by atoms with E-state index in [0.29, 0.717) is 25.1 Å². The van der Waals surface area contributed by atoms with Crippen LogP contribution in [0.4, 0.5) is 5.69 Å². The molecule has 0 fully saturated rings. The number of aromatic nitrogens is 4. The van der Waals surface area contributed by atoms with Crippen molar-refractivity contribution in [3.05, 3.63) is 57.3 Å². The Hall–Kier alpha value is -3.23. The van der Waals surface area contributed by atoms with Gasteiger partial charge in [0.15, 0.2) is 0 Å². The number of nitro groups is 1. The minimum Gasteiger partial charge on any atom is -0.350 e. The van der Waals surface area contributed by atoms with Gasteiger partial charge in [-0.1, -0.05) is 19.4 Å². The SMILES string of the molecule is CCCc1[nH]nc(C(=O)NCCc2cn3cccc(C)c3n2)c1[N+](=O)[O-]. The van der Waals surface area contributed by atoms with Crippen molar-refractivity contribution in [3.63, 3.8) is 0 Å². The Morgan fingerprint density at radius 3 is 2.92 bits per heavy atom. The molecule has 3 aromatic heterocycles. The Morgan fingerprint density at radius 2 is 2.23 bits per heavy atom. The Morgan fingerprint density at radius 1 is 1.42 bits per heavy atom. The zero-order chi connectivity index (χ0) is 18.7. The lowest BCUT2D eigenvalue weighted by atomic mass is 10.2. The second-order valence-electron chi connectivity index (χ2n) is 6.07. The predicted octanol–water partition coefficient (Wildman–Crippen LogP) is 2.20. The van der Waals surface area contributed by atoms with Gasteiger partial charge in [-0.15, -0.1) is 0 Å². The number of pyridine rings is 1. The highest BCUT2D eigenvalue weighted by Crippen LogP contribution is 2.22. The van der Waals surface area contributed by atoms with Crippen molar-refractivity contribution >= 4 is 17.2 Å². The largest absolute Gasteiger partial charge is 0.350 e. The van der Waals surface area contributed by atoms with Crippen LogP contribution < -0.4 is 5.32 Å². The molecule has 26 heavy (non-hydrogen) atoms. The second-order valence-corrected chi connectivity index (χ2v) is 6.07. The van der Waals surface area contributed by atoms with Crippen LogP contribution in [-0.4, -0.2) is 37.0 Å². The van der Waals surface area contributed by atoms with Crippen molar-refractivity contribution in [2.75, 3.05) is 6.54 Å². The molecule has 0 aliphatic carbocycles. The number of rotatable bonds is 7. The number of fused-ring (bicyclic) bond motifs is 1. The summed E-state index contributed by atoms with van der Waals surface area (Å²) in [6.45, 7) is 4.20. The molecule has 3 aromatic rings. The number of hydrogen-bond donors (Lipinski definition) is 2. The number of carbonyl (C=O) groups is 1. The summed E-state index contributed by atoms with van der Waals surface area (Å²) in [6.07, 6.45) is 5.53. The van der Waals surface area contributed by atoms with Crippen LogP contribution >= 0.6 is 0 Å². The fraction of sp³-hybridized carbons (Fsp3) is 0.353. The van der Waals surface area contributed by atoms with Crippen molar-refractivity contribution in [1.29, 1.82) is 0 Å². The molecule has 0 aromatic carbocycles. The summed E-state index contributed by atoms with van der Waals surface area (Å²) >= 11 is 0. The number of aryl methyl sites for hydroxylation is 2.